The molecular weight excluding hydrogens is 220 g/mol. The highest BCUT2D eigenvalue weighted by Gasteiger charge is 1.96. The largest absolute Gasteiger partial charge is 0.359 e. The maximum Gasteiger partial charge on any atom is 0.146 e. The maximum absolute atomic E-state index is 5.20. The Balaban J connectivity index is 2.46. The maximum atomic E-state index is 5.20. The second kappa shape index (κ2) is 5.30. The summed E-state index contributed by atoms with van der Waals surface area (Å²) in [6.45, 7) is 0.913. The molecule has 0 spiro atoms. The van der Waals surface area contributed by atoms with Crippen LogP contribution >= 0.6 is 15.9 Å². The Kier molecular flexibility index (Phi) is 4.29. The Morgan fingerprint density at radius 1 is 1.33 bits per heavy atom. The Morgan fingerprint density at radius 2 is 2.08 bits per heavy atom. The Labute approximate surface area is 80.6 Å². The topological polar surface area (TPSA) is 18.5 Å². The standard InChI is InChI=1S/C9H11BrO2/c1-11-7-12-6-8-4-2-3-5-9(8)10/h2-5H,6-7H2,1H3. The van der Waals surface area contributed by atoms with E-state index in [4.69, 9.17) is 9.47 Å². The molecule has 0 heterocycles. The third-order valence-corrected chi connectivity index (χ3v) is 2.19. The highest BCUT2D eigenvalue weighted by Crippen LogP contribution is 2.16. The van der Waals surface area contributed by atoms with Crippen molar-refractivity contribution in [2.45, 2.75) is 6.61 Å². The van der Waals surface area contributed by atoms with Crippen molar-refractivity contribution < 1.29 is 9.47 Å². The lowest BCUT2D eigenvalue weighted by atomic mass is 10.2. The highest BCUT2D eigenvalue weighted by molar-refractivity contribution is 9.10. The van der Waals surface area contributed by atoms with Crippen LogP contribution in [0.25, 0.3) is 0 Å². The molecule has 3 heteroatoms. The molecule has 0 bridgehead atoms. The fourth-order valence-electron chi connectivity index (χ4n) is 0.850. The molecule has 12 heavy (non-hydrogen) atoms. The van der Waals surface area contributed by atoms with Crippen molar-refractivity contribution in [1.29, 1.82) is 0 Å². The molecule has 0 aliphatic heterocycles. The smallest absolute Gasteiger partial charge is 0.146 e. The molecule has 0 aliphatic rings. The van der Waals surface area contributed by atoms with Gasteiger partial charge in [0.2, 0.25) is 0 Å². The number of rotatable bonds is 4. The molecule has 2 nitrogen and oxygen atoms in total. The first-order valence-electron chi connectivity index (χ1n) is 3.64. The minimum absolute atomic E-state index is 0.335. The van der Waals surface area contributed by atoms with E-state index in [0.29, 0.717) is 13.4 Å². The molecule has 1 aromatic carbocycles. The second-order valence-electron chi connectivity index (χ2n) is 2.35. The SMILES string of the molecule is COCOCc1ccccc1Br. The van der Waals surface area contributed by atoms with Crippen LogP contribution in [-0.2, 0) is 16.1 Å². The van der Waals surface area contributed by atoms with Gasteiger partial charge in [-0.25, -0.2) is 0 Å². The van der Waals surface area contributed by atoms with Crippen LogP contribution in [0, 0.1) is 0 Å². The number of halogens is 1. The van der Waals surface area contributed by atoms with Gasteiger partial charge in [-0.15, -0.1) is 0 Å². The molecule has 0 aromatic heterocycles. The van der Waals surface area contributed by atoms with Gasteiger partial charge in [-0.2, -0.15) is 0 Å². The van der Waals surface area contributed by atoms with Crippen LogP contribution in [0.5, 0.6) is 0 Å². The Morgan fingerprint density at radius 3 is 2.75 bits per heavy atom. The number of hydrogen-bond acceptors (Lipinski definition) is 2. The summed E-state index contributed by atoms with van der Waals surface area (Å²) in [6, 6.07) is 7.96. The van der Waals surface area contributed by atoms with E-state index in [9.17, 15) is 0 Å². The third kappa shape index (κ3) is 2.93. The molecule has 1 aromatic rings. The lowest BCUT2D eigenvalue weighted by Gasteiger charge is -2.04. The summed E-state index contributed by atoms with van der Waals surface area (Å²) in [5.74, 6) is 0. The van der Waals surface area contributed by atoms with Crippen LogP contribution in [0.3, 0.4) is 0 Å². The van der Waals surface area contributed by atoms with Crippen LogP contribution in [0.2, 0.25) is 0 Å². The molecule has 0 saturated heterocycles. The van der Waals surface area contributed by atoms with Gasteiger partial charge < -0.3 is 9.47 Å². The summed E-state index contributed by atoms with van der Waals surface area (Å²) >= 11 is 3.43. The molecular formula is C9H11BrO2. The van der Waals surface area contributed by atoms with E-state index < -0.39 is 0 Å². The van der Waals surface area contributed by atoms with Crippen LogP contribution in [0.4, 0.5) is 0 Å². The van der Waals surface area contributed by atoms with E-state index >= 15 is 0 Å². The van der Waals surface area contributed by atoms with E-state index in [1.807, 2.05) is 24.3 Å². The first-order valence-corrected chi connectivity index (χ1v) is 4.44. The Bertz CT molecular complexity index is 238. The molecule has 0 atom stereocenters. The lowest BCUT2D eigenvalue weighted by Crippen LogP contribution is -1.97. The van der Waals surface area contributed by atoms with Crippen molar-refractivity contribution in [3.63, 3.8) is 0 Å². The van der Waals surface area contributed by atoms with Gasteiger partial charge in [-0.1, -0.05) is 34.1 Å². The van der Waals surface area contributed by atoms with Crippen molar-refractivity contribution in [1.82, 2.24) is 0 Å². The van der Waals surface area contributed by atoms with Crippen molar-refractivity contribution in [2.24, 2.45) is 0 Å². The van der Waals surface area contributed by atoms with Gasteiger partial charge in [0.15, 0.2) is 0 Å². The predicted octanol–water partition coefficient (Wildman–Crippen LogP) is 2.57. The zero-order valence-electron chi connectivity index (χ0n) is 6.92. The van der Waals surface area contributed by atoms with Crippen molar-refractivity contribution in [2.75, 3.05) is 13.9 Å². The minimum Gasteiger partial charge on any atom is -0.359 e. The van der Waals surface area contributed by atoms with Crippen LogP contribution in [0.15, 0.2) is 28.7 Å². The number of hydrogen-bond donors (Lipinski definition) is 0. The Hall–Kier alpha value is -0.380. The van der Waals surface area contributed by atoms with Crippen LogP contribution in [-0.4, -0.2) is 13.9 Å². The van der Waals surface area contributed by atoms with Gasteiger partial charge >= 0.3 is 0 Å². The van der Waals surface area contributed by atoms with Crippen LogP contribution in [0.1, 0.15) is 5.56 Å². The molecule has 0 amide bonds. The average molecular weight is 231 g/mol. The van der Waals surface area contributed by atoms with E-state index in [1.54, 1.807) is 7.11 Å². The summed E-state index contributed by atoms with van der Waals surface area (Å²) in [5.41, 5.74) is 1.13. The van der Waals surface area contributed by atoms with Gasteiger partial charge in [-0.3, -0.25) is 0 Å². The number of methoxy groups -OCH3 is 1. The summed E-state index contributed by atoms with van der Waals surface area (Å²) in [4.78, 5) is 0. The van der Waals surface area contributed by atoms with Gasteiger partial charge in [0.1, 0.15) is 6.79 Å². The zero-order chi connectivity index (χ0) is 8.81. The fraction of sp³-hybridized carbons (Fsp3) is 0.333. The first kappa shape index (κ1) is 9.71. The molecule has 1 rings (SSSR count). The lowest BCUT2D eigenvalue weighted by molar-refractivity contribution is -0.0392. The quantitative estimate of drug-likeness (QED) is 0.585. The first-order chi connectivity index (χ1) is 5.84. The van der Waals surface area contributed by atoms with E-state index in [-0.39, 0.29) is 0 Å². The number of benzene rings is 1. The molecule has 0 saturated carbocycles. The zero-order valence-corrected chi connectivity index (χ0v) is 8.50. The van der Waals surface area contributed by atoms with Gasteiger partial charge in [0, 0.05) is 11.6 Å². The molecule has 0 fully saturated rings. The highest BCUT2D eigenvalue weighted by atomic mass is 79.9. The predicted molar refractivity (Wildman–Crippen MR) is 50.8 cm³/mol. The molecule has 0 N–H and O–H groups in total. The molecule has 0 aliphatic carbocycles. The van der Waals surface area contributed by atoms with E-state index in [0.717, 1.165) is 10.0 Å². The number of ether oxygens (including phenoxy) is 2. The van der Waals surface area contributed by atoms with E-state index in [1.165, 1.54) is 0 Å². The van der Waals surface area contributed by atoms with Crippen molar-refractivity contribution >= 4 is 15.9 Å². The van der Waals surface area contributed by atoms with Crippen molar-refractivity contribution in [3.05, 3.63) is 34.3 Å². The monoisotopic (exact) mass is 230 g/mol. The van der Waals surface area contributed by atoms with Gasteiger partial charge in [-0.05, 0) is 11.6 Å². The van der Waals surface area contributed by atoms with Crippen molar-refractivity contribution in [3.8, 4) is 0 Å². The van der Waals surface area contributed by atoms with E-state index in [2.05, 4.69) is 15.9 Å². The van der Waals surface area contributed by atoms with Gasteiger partial charge in [0.05, 0.1) is 6.61 Å². The molecule has 0 radical (unpaired) electrons. The minimum atomic E-state index is 0.335. The normalized spacial score (nSPS) is 10.2. The average Bonchev–Trinajstić information content (AvgIpc) is 2.09. The summed E-state index contributed by atoms with van der Waals surface area (Å²) in [7, 11) is 1.61. The van der Waals surface area contributed by atoms with Gasteiger partial charge in [0.25, 0.3) is 0 Å². The summed E-state index contributed by atoms with van der Waals surface area (Å²) < 4.78 is 11.0. The molecule has 0 unspecified atom stereocenters. The fourth-order valence-corrected chi connectivity index (χ4v) is 1.25. The summed E-state index contributed by atoms with van der Waals surface area (Å²) in [5, 5.41) is 0. The summed E-state index contributed by atoms with van der Waals surface area (Å²) in [6.07, 6.45) is 0. The third-order valence-electron chi connectivity index (χ3n) is 1.42. The second-order valence-corrected chi connectivity index (χ2v) is 3.20. The van der Waals surface area contributed by atoms with Crippen LogP contribution < -0.4 is 0 Å². The molecule has 66 valence electrons.